The number of nitrogen functional groups attached to an aromatic ring is 1. The van der Waals surface area contributed by atoms with Gasteiger partial charge >= 0.3 is 0 Å². The van der Waals surface area contributed by atoms with Gasteiger partial charge in [-0.1, -0.05) is 13.3 Å². The molecule has 1 aromatic carbocycles. The summed E-state index contributed by atoms with van der Waals surface area (Å²) in [5.74, 6) is 1.57. The van der Waals surface area contributed by atoms with Crippen LogP contribution >= 0.6 is 0 Å². The van der Waals surface area contributed by atoms with Crippen LogP contribution in [0.3, 0.4) is 0 Å². The average Bonchev–Trinajstić information content (AvgIpc) is 2.46. The van der Waals surface area contributed by atoms with Gasteiger partial charge in [0.2, 0.25) is 0 Å². The molecular weight excluding hydrogens is 250 g/mol. The molecule has 0 bridgehead atoms. The lowest BCUT2D eigenvalue weighted by Gasteiger charge is -2.11. The minimum Gasteiger partial charge on any atom is -0.494 e. The van der Waals surface area contributed by atoms with E-state index in [4.69, 9.17) is 10.5 Å². The molecule has 1 heterocycles. The third-order valence-electron chi connectivity index (χ3n) is 3.09. The summed E-state index contributed by atoms with van der Waals surface area (Å²) in [4.78, 5) is 4.25. The van der Waals surface area contributed by atoms with Crippen LogP contribution in [0, 0.1) is 6.92 Å². The average molecular weight is 271 g/mol. The Kier molecular flexibility index (Phi) is 4.82. The molecule has 0 spiro atoms. The van der Waals surface area contributed by atoms with E-state index in [0.29, 0.717) is 11.5 Å². The van der Waals surface area contributed by atoms with Crippen molar-refractivity contribution in [2.24, 2.45) is 0 Å². The fourth-order valence-electron chi connectivity index (χ4n) is 1.77. The Bertz CT molecular complexity index is 552. The van der Waals surface area contributed by atoms with Crippen LogP contribution in [0.25, 0.3) is 0 Å². The van der Waals surface area contributed by atoms with Gasteiger partial charge in [0, 0.05) is 11.9 Å². The van der Waals surface area contributed by atoms with Crippen molar-refractivity contribution < 1.29 is 4.74 Å². The second-order valence-corrected chi connectivity index (χ2v) is 4.74. The molecule has 20 heavy (non-hydrogen) atoms. The molecule has 0 saturated carbocycles. The maximum absolute atomic E-state index is 5.99. The van der Waals surface area contributed by atoms with Gasteiger partial charge in [0.25, 0.3) is 0 Å². The second-order valence-electron chi connectivity index (χ2n) is 4.74. The van der Waals surface area contributed by atoms with E-state index in [9.17, 15) is 0 Å². The van der Waals surface area contributed by atoms with Crippen molar-refractivity contribution in [2.45, 2.75) is 26.7 Å². The van der Waals surface area contributed by atoms with Crippen LogP contribution in [0.15, 0.2) is 36.5 Å². The van der Waals surface area contributed by atoms with E-state index >= 15 is 0 Å². The molecule has 3 N–H and O–H groups in total. The Hall–Kier alpha value is -2.23. The van der Waals surface area contributed by atoms with Gasteiger partial charge < -0.3 is 15.8 Å². The Balaban J connectivity index is 2.01. The van der Waals surface area contributed by atoms with Gasteiger partial charge in [-0.05, 0) is 49.2 Å². The second kappa shape index (κ2) is 6.80. The quantitative estimate of drug-likeness (QED) is 0.782. The van der Waals surface area contributed by atoms with Crippen LogP contribution in [0.4, 0.5) is 17.2 Å². The molecular formula is C16H21N3O. The first-order valence-electron chi connectivity index (χ1n) is 6.91. The predicted octanol–water partition coefficient (Wildman–Crippen LogP) is 3.89. The van der Waals surface area contributed by atoms with Crippen LogP contribution < -0.4 is 15.8 Å². The zero-order valence-corrected chi connectivity index (χ0v) is 12.0. The largest absolute Gasteiger partial charge is 0.494 e. The monoisotopic (exact) mass is 271 g/mol. The number of hydrogen-bond acceptors (Lipinski definition) is 4. The summed E-state index contributed by atoms with van der Waals surface area (Å²) in [7, 11) is 0. The molecule has 2 aromatic rings. The Morgan fingerprint density at radius 1 is 1.20 bits per heavy atom. The van der Waals surface area contributed by atoms with Crippen LogP contribution in [0.2, 0.25) is 0 Å². The Morgan fingerprint density at radius 2 is 1.95 bits per heavy atom. The van der Waals surface area contributed by atoms with Gasteiger partial charge in [-0.25, -0.2) is 4.98 Å². The standard InChI is InChI=1S/C16H21N3O/c1-3-4-11-20-14-7-5-13(6-8-14)19-16-15(17)12(2)9-10-18-16/h5-10H,3-4,11,17H2,1-2H3,(H,18,19). The zero-order valence-electron chi connectivity index (χ0n) is 12.0. The summed E-state index contributed by atoms with van der Waals surface area (Å²) in [5, 5.41) is 3.22. The number of rotatable bonds is 6. The number of nitrogens with two attached hydrogens (primary N) is 1. The molecule has 106 valence electrons. The number of aromatic nitrogens is 1. The minimum absolute atomic E-state index is 0.677. The number of anilines is 3. The summed E-state index contributed by atoms with van der Waals surface area (Å²) < 4.78 is 5.63. The molecule has 4 heteroatoms. The summed E-state index contributed by atoms with van der Waals surface area (Å²) in [6, 6.07) is 9.72. The number of nitrogens with zero attached hydrogens (tertiary/aromatic N) is 1. The van der Waals surface area contributed by atoms with Crippen LogP contribution in [-0.4, -0.2) is 11.6 Å². The third-order valence-corrected chi connectivity index (χ3v) is 3.09. The number of hydrogen-bond donors (Lipinski definition) is 2. The summed E-state index contributed by atoms with van der Waals surface area (Å²) in [6.07, 6.45) is 3.96. The first-order valence-corrected chi connectivity index (χ1v) is 6.91. The lowest BCUT2D eigenvalue weighted by atomic mass is 10.2. The molecule has 0 saturated heterocycles. The molecule has 0 aliphatic heterocycles. The smallest absolute Gasteiger partial charge is 0.153 e. The zero-order chi connectivity index (χ0) is 14.4. The lowest BCUT2D eigenvalue weighted by molar-refractivity contribution is 0.309. The highest BCUT2D eigenvalue weighted by atomic mass is 16.5. The molecule has 2 rings (SSSR count). The van der Waals surface area contributed by atoms with Gasteiger partial charge in [0.15, 0.2) is 5.82 Å². The Labute approximate surface area is 120 Å². The topological polar surface area (TPSA) is 60.2 Å². The number of benzene rings is 1. The van der Waals surface area contributed by atoms with Gasteiger partial charge in [-0.2, -0.15) is 0 Å². The fourth-order valence-corrected chi connectivity index (χ4v) is 1.77. The van der Waals surface area contributed by atoms with Crippen molar-refractivity contribution in [1.82, 2.24) is 4.98 Å². The molecule has 4 nitrogen and oxygen atoms in total. The maximum atomic E-state index is 5.99. The van der Waals surface area contributed by atoms with E-state index in [1.165, 1.54) is 0 Å². The first kappa shape index (κ1) is 14.2. The summed E-state index contributed by atoms with van der Waals surface area (Å²) in [6.45, 7) is 4.87. The molecule has 0 aliphatic rings. The predicted molar refractivity (Wildman–Crippen MR) is 83.5 cm³/mol. The van der Waals surface area contributed by atoms with E-state index in [2.05, 4.69) is 17.2 Å². The molecule has 0 unspecified atom stereocenters. The molecule has 1 aromatic heterocycles. The van der Waals surface area contributed by atoms with Gasteiger partial charge in [0.05, 0.1) is 12.3 Å². The van der Waals surface area contributed by atoms with E-state index in [1.807, 2.05) is 37.3 Å². The normalized spacial score (nSPS) is 10.3. The number of aryl methyl sites for hydroxylation is 1. The SMILES string of the molecule is CCCCOc1ccc(Nc2nccc(C)c2N)cc1. The highest BCUT2D eigenvalue weighted by Gasteiger charge is 2.03. The van der Waals surface area contributed by atoms with E-state index in [0.717, 1.165) is 36.4 Å². The molecule has 0 aliphatic carbocycles. The van der Waals surface area contributed by atoms with Gasteiger partial charge in [0.1, 0.15) is 5.75 Å². The molecule has 0 fully saturated rings. The number of nitrogens with one attached hydrogen (secondary N) is 1. The summed E-state index contributed by atoms with van der Waals surface area (Å²) in [5.41, 5.74) is 8.63. The number of pyridine rings is 1. The number of unbranched alkanes of at least 4 members (excludes halogenated alkanes) is 1. The third kappa shape index (κ3) is 3.63. The van der Waals surface area contributed by atoms with Crippen molar-refractivity contribution in [2.75, 3.05) is 17.7 Å². The highest BCUT2D eigenvalue weighted by Crippen LogP contribution is 2.24. The lowest BCUT2D eigenvalue weighted by Crippen LogP contribution is -2.01. The van der Waals surface area contributed by atoms with Crippen molar-refractivity contribution in [3.63, 3.8) is 0 Å². The van der Waals surface area contributed by atoms with E-state index in [-0.39, 0.29) is 0 Å². The molecule has 0 atom stereocenters. The van der Waals surface area contributed by atoms with Gasteiger partial charge in [-0.3, -0.25) is 0 Å². The summed E-state index contributed by atoms with van der Waals surface area (Å²) >= 11 is 0. The molecule has 0 amide bonds. The van der Waals surface area contributed by atoms with Crippen LogP contribution in [0.1, 0.15) is 25.3 Å². The first-order chi connectivity index (χ1) is 9.70. The number of ether oxygens (including phenoxy) is 1. The van der Waals surface area contributed by atoms with Crippen molar-refractivity contribution in [3.05, 3.63) is 42.1 Å². The fraction of sp³-hybridized carbons (Fsp3) is 0.312. The van der Waals surface area contributed by atoms with Gasteiger partial charge in [-0.15, -0.1) is 0 Å². The van der Waals surface area contributed by atoms with Crippen LogP contribution in [-0.2, 0) is 0 Å². The minimum atomic E-state index is 0.677. The highest BCUT2D eigenvalue weighted by molar-refractivity contribution is 5.71. The van der Waals surface area contributed by atoms with Crippen molar-refractivity contribution in [3.8, 4) is 5.75 Å². The van der Waals surface area contributed by atoms with Crippen LogP contribution in [0.5, 0.6) is 5.75 Å². The van der Waals surface area contributed by atoms with E-state index in [1.54, 1.807) is 6.20 Å². The Morgan fingerprint density at radius 3 is 2.65 bits per heavy atom. The van der Waals surface area contributed by atoms with Crippen molar-refractivity contribution in [1.29, 1.82) is 0 Å². The maximum Gasteiger partial charge on any atom is 0.153 e. The van der Waals surface area contributed by atoms with E-state index < -0.39 is 0 Å². The van der Waals surface area contributed by atoms with Crippen molar-refractivity contribution >= 4 is 17.2 Å². The molecule has 0 radical (unpaired) electrons.